The van der Waals surface area contributed by atoms with E-state index in [1.54, 1.807) is 31.6 Å². The molecule has 11 heteroatoms. The molecule has 0 bridgehead atoms. The van der Waals surface area contributed by atoms with Gasteiger partial charge in [0.05, 0.1) is 6.20 Å². The van der Waals surface area contributed by atoms with Crippen molar-refractivity contribution < 1.29 is 13.2 Å². The topological polar surface area (TPSA) is 91.7 Å². The quantitative estimate of drug-likeness (QED) is 0.654. The molecule has 31 heavy (non-hydrogen) atoms. The van der Waals surface area contributed by atoms with Gasteiger partial charge in [-0.15, -0.1) is 5.10 Å². The number of aryl methyl sites for hydroxylation is 2. The molecule has 1 aliphatic rings. The van der Waals surface area contributed by atoms with Gasteiger partial charge in [-0.25, -0.2) is 4.98 Å². The molecular weight excluding hydrogens is 411 g/mol. The molecule has 0 aliphatic carbocycles. The molecule has 1 aliphatic heterocycles. The Morgan fingerprint density at radius 3 is 2.71 bits per heavy atom. The van der Waals surface area contributed by atoms with Crippen molar-refractivity contribution in [3.8, 4) is 11.1 Å². The van der Waals surface area contributed by atoms with Gasteiger partial charge in [0.15, 0.2) is 5.82 Å². The standard InChI is InChI=1S/C20H22F3N7O/c1-12-10-24-16(25-17-11-29(2)28-27-17)9-14(12)13-7-18(26-19(31)8-13)30-6-4-3-5-15(30)20(21,22)23/h7-11,15H,3-6H2,1-2H3,(H,24,25)(H,26,31)/t15-/m1/s1. The molecule has 0 saturated carbocycles. The van der Waals surface area contributed by atoms with Crippen LogP contribution >= 0.6 is 0 Å². The molecular formula is C20H22F3N7O. The van der Waals surface area contributed by atoms with E-state index in [1.807, 2.05) is 6.92 Å². The molecule has 4 rings (SSSR count). The SMILES string of the molecule is Cc1cnc(Nc2cn(C)nn2)cc1-c1cc(N2CCCC[C@@H]2C(F)(F)F)[nH]c(=O)c1. The molecule has 1 fully saturated rings. The summed E-state index contributed by atoms with van der Waals surface area (Å²) in [6.45, 7) is 2.06. The van der Waals surface area contributed by atoms with E-state index in [9.17, 15) is 18.0 Å². The second kappa shape index (κ2) is 8.05. The lowest BCUT2D eigenvalue weighted by Crippen LogP contribution is -2.49. The first kappa shape index (κ1) is 20.9. The Balaban J connectivity index is 1.71. The van der Waals surface area contributed by atoms with Crippen LogP contribution in [0, 0.1) is 6.92 Å². The third-order valence-electron chi connectivity index (χ3n) is 5.29. The first-order valence-corrected chi connectivity index (χ1v) is 9.89. The van der Waals surface area contributed by atoms with Gasteiger partial charge in [0.25, 0.3) is 0 Å². The maximum Gasteiger partial charge on any atom is 0.408 e. The average molecular weight is 433 g/mol. The predicted octanol–water partition coefficient (Wildman–Crippen LogP) is 3.54. The highest BCUT2D eigenvalue weighted by molar-refractivity contribution is 5.72. The summed E-state index contributed by atoms with van der Waals surface area (Å²) in [5.74, 6) is 1.15. The van der Waals surface area contributed by atoms with Crippen LogP contribution in [0.15, 0.2) is 35.4 Å². The molecule has 0 aromatic carbocycles. The number of hydrogen-bond donors (Lipinski definition) is 2. The minimum Gasteiger partial charge on any atom is -0.346 e. The van der Waals surface area contributed by atoms with E-state index in [1.165, 1.54) is 15.6 Å². The molecule has 0 radical (unpaired) electrons. The first-order valence-electron chi connectivity index (χ1n) is 9.89. The van der Waals surface area contributed by atoms with Gasteiger partial charge in [-0.3, -0.25) is 9.48 Å². The lowest BCUT2D eigenvalue weighted by atomic mass is 10.00. The zero-order valence-corrected chi connectivity index (χ0v) is 17.1. The van der Waals surface area contributed by atoms with E-state index in [2.05, 4.69) is 25.6 Å². The molecule has 0 unspecified atom stereocenters. The Bertz CT molecular complexity index is 1140. The van der Waals surface area contributed by atoms with Crippen LogP contribution < -0.4 is 15.8 Å². The van der Waals surface area contributed by atoms with Gasteiger partial charge < -0.3 is 15.2 Å². The number of aromatic amines is 1. The number of aromatic nitrogens is 5. The summed E-state index contributed by atoms with van der Waals surface area (Å²) in [7, 11) is 1.73. The maximum absolute atomic E-state index is 13.6. The zero-order chi connectivity index (χ0) is 22.2. The van der Waals surface area contributed by atoms with E-state index in [-0.39, 0.29) is 18.8 Å². The number of halogens is 3. The van der Waals surface area contributed by atoms with Crippen LogP contribution in [0.3, 0.4) is 0 Å². The number of alkyl halides is 3. The Morgan fingerprint density at radius 2 is 2.00 bits per heavy atom. The third kappa shape index (κ3) is 4.54. The summed E-state index contributed by atoms with van der Waals surface area (Å²) in [6.07, 6.45) is 0.100. The van der Waals surface area contributed by atoms with Gasteiger partial charge in [-0.1, -0.05) is 5.21 Å². The highest BCUT2D eigenvalue weighted by Crippen LogP contribution is 2.35. The van der Waals surface area contributed by atoms with Crippen LogP contribution in [0.5, 0.6) is 0 Å². The van der Waals surface area contributed by atoms with Crippen molar-refractivity contribution in [1.29, 1.82) is 0 Å². The normalized spacial score (nSPS) is 17.1. The fraction of sp³-hybridized carbons (Fsp3) is 0.400. The van der Waals surface area contributed by atoms with Gasteiger partial charge in [-0.2, -0.15) is 13.2 Å². The average Bonchev–Trinajstić information content (AvgIpc) is 3.13. The number of pyridine rings is 2. The Hall–Kier alpha value is -3.37. The minimum atomic E-state index is -4.37. The molecule has 3 aromatic rings. The van der Waals surface area contributed by atoms with Crippen LogP contribution in [0.25, 0.3) is 11.1 Å². The van der Waals surface area contributed by atoms with Crippen LogP contribution in [0.2, 0.25) is 0 Å². The van der Waals surface area contributed by atoms with Crippen molar-refractivity contribution in [1.82, 2.24) is 25.0 Å². The lowest BCUT2D eigenvalue weighted by Gasteiger charge is -2.38. The number of H-pyrrole nitrogens is 1. The van der Waals surface area contributed by atoms with Crippen molar-refractivity contribution in [3.05, 3.63) is 46.5 Å². The lowest BCUT2D eigenvalue weighted by molar-refractivity contribution is -0.152. The summed E-state index contributed by atoms with van der Waals surface area (Å²) < 4.78 is 42.2. The van der Waals surface area contributed by atoms with E-state index >= 15 is 0 Å². The Labute approximate surface area is 176 Å². The summed E-state index contributed by atoms with van der Waals surface area (Å²) in [5.41, 5.74) is 1.53. The number of nitrogens with zero attached hydrogens (tertiary/aromatic N) is 5. The van der Waals surface area contributed by atoms with Crippen molar-refractivity contribution >= 4 is 17.5 Å². The fourth-order valence-electron chi connectivity index (χ4n) is 3.84. The van der Waals surface area contributed by atoms with Gasteiger partial charge in [0.1, 0.15) is 17.7 Å². The van der Waals surface area contributed by atoms with Crippen LogP contribution in [-0.4, -0.2) is 43.7 Å². The summed E-state index contributed by atoms with van der Waals surface area (Å²) in [4.78, 5) is 20.5. The Morgan fingerprint density at radius 1 is 1.19 bits per heavy atom. The third-order valence-corrected chi connectivity index (χ3v) is 5.29. The van der Waals surface area contributed by atoms with Gasteiger partial charge >= 0.3 is 6.18 Å². The predicted molar refractivity (Wildman–Crippen MR) is 110 cm³/mol. The van der Waals surface area contributed by atoms with Crippen LogP contribution in [0.1, 0.15) is 24.8 Å². The van der Waals surface area contributed by atoms with Crippen molar-refractivity contribution in [2.45, 2.75) is 38.4 Å². The molecule has 1 saturated heterocycles. The number of rotatable bonds is 4. The zero-order valence-electron chi connectivity index (χ0n) is 17.1. The van der Waals surface area contributed by atoms with E-state index in [0.717, 1.165) is 5.56 Å². The van der Waals surface area contributed by atoms with Gasteiger partial charge in [-0.05, 0) is 55.0 Å². The van der Waals surface area contributed by atoms with E-state index in [4.69, 9.17) is 0 Å². The number of piperidine rings is 1. The monoisotopic (exact) mass is 433 g/mol. The highest BCUT2D eigenvalue weighted by atomic mass is 19.4. The van der Waals surface area contributed by atoms with Crippen molar-refractivity contribution in [3.63, 3.8) is 0 Å². The Kier molecular flexibility index (Phi) is 5.42. The minimum absolute atomic E-state index is 0.0101. The van der Waals surface area contributed by atoms with Crippen molar-refractivity contribution in [2.75, 3.05) is 16.8 Å². The van der Waals surface area contributed by atoms with Crippen LogP contribution in [-0.2, 0) is 7.05 Å². The summed E-state index contributed by atoms with van der Waals surface area (Å²) in [6, 6.07) is 3.10. The van der Waals surface area contributed by atoms with Gasteiger partial charge in [0.2, 0.25) is 5.56 Å². The number of hydrogen-bond acceptors (Lipinski definition) is 6. The molecule has 2 N–H and O–H groups in total. The first-order chi connectivity index (χ1) is 14.7. The molecule has 3 aromatic heterocycles. The summed E-state index contributed by atoms with van der Waals surface area (Å²) in [5, 5.41) is 10.8. The van der Waals surface area contributed by atoms with E-state index < -0.39 is 17.8 Å². The highest BCUT2D eigenvalue weighted by Gasteiger charge is 2.45. The van der Waals surface area contributed by atoms with Gasteiger partial charge in [0, 0.05) is 25.9 Å². The molecule has 4 heterocycles. The summed E-state index contributed by atoms with van der Waals surface area (Å²) >= 11 is 0. The number of nitrogens with one attached hydrogen (secondary N) is 2. The molecule has 0 amide bonds. The van der Waals surface area contributed by atoms with Crippen molar-refractivity contribution in [2.24, 2.45) is 7.05 Å². The fourth-order valence-corrected chi connectivity index (χ4v) is 3.84. The second-order valence-electron chi connectivity index (χ2n) is 7.65. The second-order valence-corrected chi connectivity index (χ2v) is 7.65. The largest absolute Gasteiger partial charge is 0.408 e. The maximum atomic E-state index is 13.6. The van der Waals surface area contributed by atoms with Crippen LogP contribution in [0.4, 0.5) is 30.6 Å². The smallest absolute Gasteiger partial charge is 0.346 e. The molecule has 1 atom stereocenters. The molecule has 0 spiro atoms. The number of anilines is 3. The molecule has 8 nitrogen and oxygen atoms in total. The molecule has 164 valence electrons. The van der Waals surface area contributed by atoms with E-state index in [0.29, 0.717) is 35.6 Å².